The van der Waals surface area contributed by atoms with Crippen LogP contribution < -0.4 is 16.0 Å². The molecule has 10 rings (SSSR count). The van der Waals surface area contributed by atoms with Gasteiger partial charge in [-0.05, 0) is 124 Å². The first-order valence-corrected chi connectivity index (χ1v) is 22.1. The minimum atomic E-state index is -0.652. The van der Waals surface area contributed by atoms with Crippen molar-refractivity contribution < 1.29 is 24.2 Å². The molecule has 2 saturated carbocycles. The Morgan fingerprint density at radius 2 is 1.92 bits per heavy atom. The minimum absolute atomic E-state index is 0.0786. The number of carbonyl (C=O) groups excluding carboxylic acids is 2. The fourth-order valence-corrected chi connectivity index (χ4v) is 14.4. The number of hydrogen-bond donors (Lipinski definition) is 4. The summed E-state index contributed by atoms with van der Waals surface area (Å²) in [6, 6.07) is 0. The predicted octanol–water partition coefficient (Wildman–Crippen LogP) is 7.28. The van der Waals surface area contributed by atoms with Gasteiger partial charge in [-0.2, -0.15) is 0 Å². The fourth-order valence-electron chi connectivity index (χ4n) is 11.9. The Kier molecular flexibility index (Phi) is 8.87. The maximum atomic E-state index is 14.5. The second kappa shape index (κ2) is 13.2. The first-order chi connectivity index (χ1) is 24.7. The lowest BCUT2D eigenvalue weighted by molar-refractivity contribution is -0.135. The lowest BCUT2D eigenvalue weighted by Gasteiger charge is -2.57. The first kappa shape index (κ1) is 34.4. The van der Waals surface area contributed by atoms with Gasteiger partial charge >= 0.3 is 11.9 Å². The van der Waals surface area contributed by atoms with Crippen LogP contribution in [-0.2, 0) is 19.1 Å². The molecule has 6 aliphatic carbocycles. The summed E-state index contributed by atoms with van der Waals surface area (Å²) in [6.07, 6.45) is 18.6. The number of rotatable bonds is 5. The van der Waals surface area contributed by atoms with Gasteiger partial charge in [0.25, 0.3) is 0 Å². The molecule has 0 aromatic rings. The Balaban J connectivity index is 1.20. The summed E-state index contributed by atoms with van der Waals surface area (Å²) >= 11 is 0. The van der Waals surface area contributed by atoms with Crippen LogP contribution in [0.5, 0.6) is 0 Å². The van der Waals surface area contributed by atoms with Gasteiger partial charge in [0.05, 0.1) is 34.2 Å². The highest BCUT2D eigenvalue weighted by Gasteiger charge is 2.69. The van der Waals surface area contributed by atoms with Crippen LogP contribution in [0.2, 0.25) is 0 Å². The highest BCUT2D eigenvalue weighted by Crippen LogP contribution is 2.72. The number of aliphatic hydroxyl groups is 1. The van der Waals surface area contributed by atoms with E-state index in [0.29, 0.717) is 12.5 Å². The summed E-state index contributed by atoms with van der Waals surface area (Å²) < 4.78 is 13.0. The van der Waals surface area contributed by atoms with Gasteiger partial charge in [-0.25, -0.2) is 9.59 Å². The number of nitrogens with one attached hydrogen (secondary N) is 3. The number of fused-ring (bicyclic) bond motifs is 2. The average molecular weight is 732 g/mol. The van der Waals surface area contributed by atoms with Gasteiger partial charge in [0.1, 0.15) is 11.5 Å². The van der Waals surface area contributed by atoms with Crippen molar-refractivity contribution in [3.8, 4) is 0 Å². The standard InChI is InChI=1S/C41H53N3O5S2/c1-4-40(13-5-6-14-40)29-9-8-25-19-28-26-11-15-41(34(28)33-32(25)36(29)49-38(33)46)30-10-7-22(2)37(43-20-23(3)45)51-50-21-44-31-18-24(12-16-42-31)17-27(26)35(41)39(47)48-30/h10,12,18,22-23,25-26,28,34,37,42-45H,4-9,11,13-17,19-21H2,1-3H3. The van der Waals surface area contributed by atoms with Crippen LogP contribution in [0.3, 0.4) is 0 Å². The molecule has 7 bridgehead atoms. The topological polar surface area (TPSA) is 109 Å². The molecule has 0 aromatic heterocycles. The van der Waals surface area contributed by atoms with Crippen molar-refractivity contribution in [3.63, 3.8) is 0 Å². The molecule has 1 spiro atoms. The summed E-state index contributed by atoms with van der Waals surface area (Å²) in [5, 5.41) is 20.9. The molecule has 0 amide bonds. The smallest absolute Gasteiger partial charge is 0.340 e. The Morgan fingerprint density at radius 1 is 1.08 bits per heavy atom. The molecule has 10 heteroatoms. The van der Waals surface area contributed by atoms with Crippen LogP contribution in [0.4, 0.5) is 0 Å². The van der Waals surface area contributed by atoms with E-state index in [-0.39, 0.29) is 46.4 Å². The van der Waals surface area contributed by atoms with Crippen LogP contribution in [-0.4, -0.2) is 47.5 Å². The van der Waals surface area contributed by atoms with E-state index in [9.17, 15) is 14.7 Å². The SMILES string of the molecule is CCC1(C2=C3OC(=O)C4=C3C(CC2)CC2C3CCC5(C6=CCC(C)C(NCC(C)O)SSCNC7=CC(=CCN7)CC3=C5C(=O)O6)C42)CCCC1. The quantitative estimate of drug-likeness (QED) is 0.170. The van der Waals surface area contributed by atoms with Crippen LogP contribution >= 0.6 is 21.6 Å². The van der Waals surface area contributed by atoms with Crippen molar-refractivity contribution in [3.05, 3.63) is 69.0 Å². The third kappa shape index (κ3) is 5.38. The van der Waals surface area contributed by atoms with E-state index in [0.717, 1.165) is 92.3 Å². The van der Waals surface area contributed by atoms with Crippen molar-refractivity contribution in [1.29, 1.82) is 0 Å². The predicted molar refractivity (Wildman–Crippen MR) is 201 cm³/mol. The van der Waals surface area contributed by atoms with Gasteiger partial charge in [-0.1, -0.05) is 59.9 Å². The van der Waals surface area contributed by atoms with Gasteiger partial charge in [-0.3, -0.25) is 0 Å². The highest BCUT2D eigenvalue weighted by molar-refractivity contribution is 8.76. The summed E-state index contributed by atoms with van der Waals surface area (Å²) in [4.78, 5) is 28.8. The van der Waals surface area contributed by atoms with Gasteiger partial charge in [0, 0.05) is 30.2 Å². The normalized spacial score (nSPS) is 37.5. The van der Waals surface area contributed by atoms with Crippen LogP contribution in [0.25, 0.3) is 0 Å². The molecule has 10 aliphatic rings. The maximum absolute atomic E-state index is 14.5. The van der Waals surface area contributed by atoms with Gasteiger partial charge in [0.15, 0.2) is 0 Å². The van der Waals surface area contributed by atoms with Gasteiger partial charge in [0.2, 0.25) is 0 Å². The summed E-state index contributed by atoms with van der Waals surface area (Å²) in [5.41, 5.74) is 6.32. The number of ether oxygens (including phenoxy) is 2. The minimum Gasteiger partial charge on any atom is -0.427 e. The third-order valence-corrected chi connectivity index (χ3v) is 16.8. The van der Waals surface area contributed by atoms with E-state index in [4.69, 9.17) is 9.47 Å². The van der Waals surface area contributed by atoms with Crippen molar-refractivity contribution in [2.45, 2.75) is 109 Å². The van der Waals surface area contributed by atoms with E-state index >= 15 is 0 Å². The Labute approximate surface area is 310 Å². The molecule has 274 valence electrons. The van der Waals surface area contributed by atoms with E-state index in [2.05, 4.69) is 48.0 Å². The Morgan fingerprint density at radius 3 is 2.73 bits per heavy atom. The van der Waals surface area contributed by atoms with E-state index in [1.54, 1.807) is 21.6 Å². The van der Waals surface area contributed by atoms with Crippen molar-refractivity contribution in [2.75, 3.05) is 19.0 Å². The first-order valence-electron chi connectivity index (χ1n) is 19.7. The molecule has 4 N–H and O–H groups in total. The molecule has 0 aromatic carbocycles. The molecule has 51 heavy (non-hydrogen) atoms. The second-order valence-electron chi connectivity index (χ2n) is 16.8. The molecular formula is C41H53N3O5S2. The molecule has 0 radical (unpaired) electrons. The molecular weight excluding hydrogens is 679 g/mol. The van der Waals surface area contributed by atoms with Crippen molar-refractivity contribution in [1.82, 2.24) is 16.0 Å². The Hall–Kier alpha value is -2.40. The van der Waals surface area contributed by atoms with E-state index in [1.807, 2.05) is 6.92 Å². The zero-order valence-corrected chi connectivity index (χ0v) is 31.9. The lowest BCUT2D eigenvalue weighted by Crippen LogP contribution is -2.53. The summed E-state index contributed by atoms with van der Waals surface area (Å²) in [6.45, 7) is 7.61. The summed E-state index contributed by atoms with van der Waals surface area (Å²) in [5.74, 6) is 4.02. The van der Waals surface area contributed by atoms with Crippen LogP contribution in [0, 0.1) is 40.4 Å². The monoisotopic (exact) mass is 731 g/mol. The molecule has 4 aliphatic heterocycles. The van der Waals surface area contributed by atoms with E-state index < -0.39 is 11.5 Å². The lowest BCUT2D eigenvalue weighted by atomic mass is 9.43. The van der Waals surface area contributed by atoms with Gasteiger partial charge in [-0.15, -0.1) is 0 Å². The molecule has 8 atom stereocenters. The molecule has 8 unspecified atom stereocenters. The highest BCUT2D eigenvalue weighted by atomic mass is 33.1. The number of esters is 2. The average Bonchev–Trinajstić information content (AvgIpc) is 3.83. The number of carbonyl (C=O) groups is 2. The molecule has 1 saturated heterocycles. The third-order valence-electron chi connectivity index (χ3n) is 14.2. The van der Waals surface area contributed by atoms with Crippen LogP contribution in [0.1, 0.15) is 97.8 Å². The zero-order valence-electron chi connectivity index (χ0n) is 30.3. The summed E-state index contributed by atoms with van der Waals surface area (Å²) in [7, 11) is 3.55. The van der Waals surface area contributed by atoms with Crippen LogP contribution in [0.15, 0.2) is 69.0 Å². The molecule has 4 heterocycles. The van der Waals surface area contributed by atoms with Crippen molar-refractivity contribution in [2.24, 2.45) is 40.4 Å². The van der Waals surface area contributed by atoms with Crippen molar-refractivity contribution >= 4 is 33.5 Å². The van der Waals surface area contributed by atoms with E-state index in [1.165, 1.54) is 48.0 Å². The zero-order chi connectivity index (χ0) is 35.1. The largest absolute Gasteiger partial charge is 0.427 e. The maximum Gasteiger partial charge on any atom is 0.340 e. The number of allylic oxidation sites excluding steroid dienone is 7. The van der Waals surface area contributed by atoms with Gasteiger partial charge < -0.3 is 30.5 Å². The number of aliphatic hydroxyl groups excluding tert-OH is 1. The molecule has 3 fully saturated rings. The Bertz CT molecular complexity index is 1720. The number of dihydropyridines is 1. The number of hydrogen-bond acceptors (Lipinski definition) is 10. The fraction of sp³-hybridized carbons (Fsp3) is 0.659. The second-order valence-corrected chi connectivity index (χ2v) is 19.3. The molecule has 8 nitrogen and oxygen atoms in total.